The van der Waals surface area contributed by atoms with Gasteiger partial charge in [0.1, 0.15) is 0 Å². The third-order valence-electron chi connectivity index (χ3n) is 3.13. The first kappa shape index (κ1) is 16.6. The van der Waals surface area contributed by atoms with E-state index >= 15 is 0 Å². The number of hydrazone groups is 1. The first-order valence-corrected chi connectivity index (χ1v) is 7.29. The van der Waals surface area contributed by atoms with E-state index in [0.717, 1.165) is 11.3 Å². The quantitative estimate of drug-likeness (QED) is 0.388. The Bertz CT molecular complexity index is 774. The molecular weight excluding hydrogens is 312 g/mol. The largest absolute Gasteiger partial charge is 0.331 e. The number of hydrogen-bond acceptors (Lipinski definition) is 4. The SMILES string of the molecule is Cc1ccc(NC(=S)N/N=C\c2ccccc2[N+](=O)[O-])c(C)c1. The zero-order valence-corrected chi connectivity index (χ0v) is 13.6. The van der Waals surface area contributed by atoms with E-state index < -0.39 is 4.92 Å². The fourth-order valence-corrected chi connectivity index (χ4v) is 2.19. The molecule has 0 radical (unpaired) electrons. The Hall–Kier alpha value is -2.80. The van der Waals surface area contributed by atoms with E-state index in [-0.39, 0.29) is 5.69 Å². The van der Waals surface area contributed by atoms with E-state index in [0.29, 0.717) is 10.7 Å². The van der Waals surface area contributed by atoms with Crippen LogP contribution in [-0.4, -0.2) is 16.3 Å². The number of nitrogens with zero attached hydrogens (tertiary/aromatic N) is 2. The number of aryl methyl sites for hydroxylation is 2. The Morgan fingerprint density at radius 3 is 2.70 bits per heavy atom. The number of nitrogens with one attached hydrogen (secondary N) is 2. The highest BCUT2D eigenvalue weighted by Crippen LogP contribution is 2.16. The summed E-state index contributed by atoms with van der Waals surface area (Å²) in [5.74, 6) is 0. The van der Waals surface area contributed by atoms with E-state index in [2.05, 4.69) is 15.8 Å². The molecule has 0 heterocycles. The Balaban J connectivity index is 2.00. The first-order valence-electron chi connectivity index (χ1n) is 6.88. The average molecular weight is 328 g/mol. The minimum Gasteiger partial charge on any atom is -0.331 e. The third-order valence-corrected chi connectivity index (χ3v) is 3.33. The van der Waals surface area contributed by atoms with Crippen molar-refractivity contribution in [3.8, 4) is 0 Å². The summed E-state index contributed by atoms with van der Waals surface area (Å²) in [6.45, 7) is 4.00. The van der Waals surface area contributed by atoms with Crippen LogP contribution >= 0.6 is 12.2 Å². The van der Waals surface area contributed by atoms with E-state index in [1.54, 1.807) is 18.2 Å². The number of para-hydroxylation sites is 1. The normalized spacial score (nSPS) is 10.5. The molecule has 6 nitrogen and oxygen atoms in total. The molecular formula is C16H16N4O2S. The van der Waals surface area contributed by atoms with Gasteiger partial charge in [-0.05, 0) is 43.8 Å². The van der Waals surface area contributed by atoms with E-state index in [1.165, 1.54) is 17.8 Å². The van der Waals surface area contributed by atoms with Gasteiger partial charge < -0.3 is 5.32 Å². The zero-order valence-electron chi connectivity index (χ0n) is 12.7. The molecule has 0 aromatic heterocycles. The van der Waals surface area contributed by atoms with Gasteiger partial charge in [0.05, 0.1) is 16.7 Å². The molecule has 0 aliphatic carbocycles. The monoisotopic (exact) mass is 328 g/mol. The molecule has 2 rings (SSSR count). The van der Waals surface area contributed by atoms with Crippen molar-refractivity contribution in [2.75, 3.05) is 5.32 Å². The highest BCUT2D eigenvalue weighted by molar-refractivity contribution is 7.80. The smallest absolute Gasteiger partial charge is 0.278 e. The summed E-state index contributed by atoms with van der Waals surface area (Å²) >= 11 is 5.16. The summed E-state index contributed by atoms with van der Waals surface area (Å²) in [7, 11) is 0. The summed E-state index contributed by atoms with van der Waals surface area (Å²) < 4.78 is 0. The molecule has 0 saturated heterocycles. The fourth-order valence-electron chi connectivity index (χ4n) is 2.03. The first-order chi connectivity index (χ1) is 11.0. The van der Waals surface area contributed by atoms with Crippen molar-refractivity contribution < 1.29 is 4.92 Å². The molecule has 0 bridgehead atoms. The molecule has 0 aliphatic heterocycles. The van der Waals surface area contributed by atoms with Gasteiger partial charge in [-0.15, -0.1) is 0 Å². The van der Waals surface area contributed by atoms with Crippen molar-refractivity contribution in [3.63, 3.8) is 0 Å². The molecule has 118 valence electrons. The second-order valence-corrected chi connectivity index (χ2v) is 5.37. The van der Waals surface area contributed by atoms with Crippen molar-refractivity contribution in [2.45, 2.75) is 13.8 Å². The van der Waals surface area contributed by atoms with Gasteiger partial charge in [-0.2, -0.15) is 5.10 Å². The summed E-state index contributed by atoms with van der Waals surface area (Å²) in [4.78, 5) is 10.5. The summed E-state index contributed by atoms with van der Waals surface area (Å²) in [6, 6.07) is 12.3. The number of benzene rings is 2. The molecule has 0 aliphatic rings. The molecule has 0 fully saturated rings. The molecule has 0 saturated carbocycles. The maximum Gasteiger partial charge on any atom is 0.278 e. The highest BCUT2D eigenvalue weighted by Gasteiger charge is 2.09. The van der Waals surface area contributed by atoms with Crippen LogP contribution in [0.3, 0.4) is 0 Å². The van der Waals surface area contributed by atoms with E-state index in [4.69, 9.17) is 12.2 Å². The van der Waals surface area contributed by atoms with Crippen molar-refractivity contribution in [3.05, 3.63) is 69.3 Å². The van der Waals surface area contributed by atoms with Crippen molar-refractivity contribution in [1.29, 1.82) is 0 Å². The third kappa shape index (κ3) is 4.58. The van der Waals surface area contributed by atoms with Gasteiger partial charge in [-0.3, -0.25) is 15.5 Å². The fraction of sp³-hybridized carbons (Fsp3) is 0.125. The molecule has 0 amide bonds. The molecule has 2 aromatic rings. The molecule has 2 aromatic carbocycles. The minimum absolute atomic E-state index is 0.00805. The zero-order chi connectivity index (χ0) is 16.8. The molecule has 0 atom stereocenters. The molecule has 23 heavy (non-hydrogen) atoms. The summed E-state index contributed by atoms with van der Waals surface area (Å²) in [5, 5.41) is 18.2. The van der Waals surface area contributed by atoms with Gasteiger partial charge in [-0.1, -0.05) is 29.8 Å². The predicted molar refractivity (Wildman–Crippen MR) is 96.0 cm³/mol. The van der Waals surface area contributed by atoms with Crippen LogP contribution in [0.4, 0.5) is 11.4 Å². The van der Waals surface area contributed by atoms with Gasteiger partial charge in [0.2, 0.25) is 0 Å². The Kier molecular flexibility index (Phi) is 5.37. The lowest BCUT2D eigenvalue weighted by Crippen LogP contribution is -2.24. The van der Waals surface area contributed by atoms with Crippen LogP contribution in [0, 0.1) is 24.0 Å². The number of nitro benzene ring substituents is 1. The molecule has 0 spiro atoms. The van der Waals surface area contributed by atoms with Gasteiger partial charge >= 0.3 is 0 Å². The lowest BCUT2D eigenvalue weighted by Gasteiger charge is -2.10. The second kappa shape index (κ2) is 7.46. The van der Waals surface area contributed by atoms with E-state index in [9.17, 15) is 10.1 Å². The Morgan fingerprint density at radius 1 is 1.26 bits per heavy atom. The van der Waals surface area contributed by atoms with Crippen LogP contribution in [0.2, 0.25) is 0 Å². The summed E-state index contributed by atoms with van der Waals surface area (Å²) in [5.41, 5.74) is 6.17. The summed E-state index contributed by atoms with van der Waals surface area (Å²) in [6.07, 6.45) is 1.37. The van der Waals surface area contributed by atoms with E-state index in [1.807, 2.05) is 32.0 Å². The highest BCUT2D eigenvalue weighted by atomic mass is 32.1. The number of thiocarbonyl (C=S) groups is 1. The van der Waals surface area contributed by atoms with Crippen LogP contribution in [0.15, 0.2) is 47.6 Å². The standard InChI is InChI=1S/C16H16N4O2S/c1-11-7-8-14(12(2)9-11)18-16(23)19-17-10-13-5-3-4-6-15(13)20(21)22/h3-10H,1-2H3,(H2,18,19,23)/b17-10-. The van der Waals surface area contributed by atoms with Gasteiger partial charge in [0, 0.05) is 11.8 Å². The van der Waals surface area contributed by atoms with Crippen molar-refractivity contribution in [1.82, 2.24) is 5.43 Å². The molecule has 0 unspecified atom stereocenters. The van der Waals surface area contributed by atoms with Crippen molar-refractivity contribution >= 4 is 34.9 Å². The maximum absolute atomic E-state index is 10.9. The number of anilines is 1. The van der Waals surface area contributed by atoms with Crippen LogP contribution in [0.25, 0.3) is 0 Å². The van der Waals surface area contributed by atoms with Gasteiger partial charge in [0.15, 0.2) is 5.11 Å². The van der Waals surface area contributed by atoms with Crippen LogP contribution < -0.4 is 10.7 Å². The van der Waals surface area contributed by atoms with Crippen LogP contribution in [0.1, 0.15) is 16.7 Å². The van der Waals surface area contributed by atoms with Crippen molar-refractivity contribution in [2.24, 2.45) is 5.10 Å². The molecule has 2 N–H and O–H groups in total. The predicted octanol–water partition coefficient (Wildman–Crippen LogP) is 3.53. The lowest BCUT2D eigenvalue weighted by atomic mass is 10.1. The number of hydrogen-bond donors (Lipinski definition) is 2. The maximum atomic E-state index is 10.9. The van der Waals surface area contributed by atoms with Gasteiger partial charge in [-0.25, -0.2) is 0 Å². The average Bonchev–Trinajstić information content (AvgIpc) is 2.50. The topological polar surface area (TPSA) is 79.6 Å². The van der Waals surface area contributed by atoms with Crippen LogP contribution in [0.5, 0.6) is 0 Å². The number of nitro groups is 1. The Morgan fingerprint density at radius 2 is 2.00 bits per heavy atom. The Labute approximate surface area is 139 Å². The number of rotatable bonds is 4. The lowest BCUT2D eigenvalue weighted by molar-refractivity contribution is -0.385. The van der Waals surface area contributed by atoms with Crippen LogP contribution in [-0.2, 0) is 0 Å². The van der Waals surface area contributed by atoms with Gasteiger partial charge in [0.25, 0.3) is 5.69 Å². The second-order valence-electron chi connectivity index (χ2n) is 4.96. The minimum atomic E-state index is -0.451. The molecule has 7 heteroatoms.